The Hall–Kier alpha value is -1.12. The van der Waals surface area contributed by atoms with Gasteiger partial charge in [-0.15, -0.1) is 13.2 Å². The van der Waals surface area contributed by atoms with E-state index in [0.717, 1.165) is 0 Å². The molecule has 0 aromatic carbocycles. The molecule has 11 heavy (non-hydrogen) atoms. The fourth-order valence-electron chi connectivity index (χ4n) is 0.337. The summed E-state index contributed by atoms with van der Waals surface area (Å²) in [6, 6.07) is 0. The van der Waals surface area contributed by atoms with Crippen LogP contribution in [0.2, 0.25) is 0 Å². The van der Waals surface area contributed by atoms with Crippen LogP contribution in [-0.4, -0.2) is 6.61 Å². The molecule has 0 unspecified atom stereocenters. The summed E-state index contributed by atoms with van der Waals surface area (Å²) in [5, 5.41) is 0. The standard InChI is InChI=1S/C6H8F2O.C2H4/c1-3-5(4-2)9-6(7)8;1-2/h3-4,6H,1H2,2H3;1-2H2/b5-4+;. The highest BCUT2D eigenvalue weighted by atomic mass is 19.3. The van der Waals surface area contributed by atoms with Gasteiger partial charge in [-0.05, 0) is 19.1 Å². The molecule has 0 bridgehead atoms. The predicted octanol–water partition coefficient (Wildman–Crippen LogP) is 3.12. The topological polar surface area (TPSA) is 9.23 Å². The van der Waals surface area contributed by atoms with Crippen molar-refractivity contribution in [2.75, 3.05) is 0 Å². The molecule has 0 aliphatic heterocycles. The van der Waals surface area contributed by atoms with E-state index >= 15 is 0 Å². The van der Waals surface area contributed by atoms with Crippen LogP contribution in [0.1, 0.15) is 6.92 Å². The van der Waals surface area contributed by atoms with Gasteiger partial charge >= 0.3 is 6.61 Å². The molecule has 1 nitrogen and oxygen atoms in total. The molecule has 0 fully saturated rings. The van der Waals surface area contributed by atoms with Crippen molar-refractivity contribution in [1.29, 1.82) is 0 Å². The van der Waals surface area contributed by atoms with Crippen LogP contribution < -0.4 is 0 Å². The van der Waals surface area contributed by atoms with Gasteiger partial charge in [0, 0.05) is 0 Å². The van der Waals surface area contributed by atoms with Gasteiger partial charge in [-0.3, -0.25) is 0 Å². The zero-order chi connectivity index (χ0) is 9.28. The van der Waals surface area contributed by atoms with Gasteiger partial charge in [0.1, 0.15) is 5.76 Å². The van der Waals surface area contributed by atoms with Crippen LogP contribution >= 0.6 is 0 Å². The van der Waals surface area contributed by atoms with Crippen LogP contribution in [0.25, 0.3) is 0 Å². The molecule has 0 aromatic heterocycles. The molecule has 0 saturated carbocycles. The summed E-state index contributed by atoms with van der Waals surface area (Å²) < 4.78 is 26.7. The van der Waals surface area contributed by atoms with Gasteiger partial charge in [0.25, 0.3) is 0 Å². The number of ether oxygens (including phenoxy) is 1. The first kappa shape index (κ1) is 12.5. The average Bonchev–Trinajstić information content (AvgIpc) is 2.03. The molecule has 0 aromatic rings. The zero-order valence-electron chi connectivity index (χ0n) is 6.52. The van der Waals surface area contributed by atoms with Crippen LogP contribution in [-0.2, 0) is 4.74 Å². The lowest BCUT2D eigenvalue weighted by atomic mass is 10.5. The minimum absolute atomic E-state index is 0.102. The molecule has 3 heteroatoms. The third-order valence-electron chi connectivity index (χ3n) is 0.711. The summed E-state index contributed by atoms with van der Waals surface area (Å²) in [5.74, 6) is 0.102. The molecule has 0 spiro atoms. The van der Waals surface area contributed by atoms with E-state index in [0.29, 0.717) is 0 Å². The normalized spacial score (nSPS) is 10.0. The minimum Gasteiger partial charge on any atom is -0.435 e. The lowest BCUT2D eigenvalue weighted by Gasteiger charge is -2.01. The van der Waals surface area contributed by atoms with Gasteiger partial charge in [0.05, 0.1) is 0 Å². The lowest BCUT2D eigenvalue weighted by Crippen LogP contribution is -1.95. The molecule has 0 atom stereocenters. The van der Waals surface area contributed by atoms with Gasteiger partial charge in [0.15, 0.2) is 0 Å². The van der Waals surface area contributed by atoms with E-state index in [9.17, 15) is 8.78 Å². The van der Waals surface area contributed by atoms with Crippen LogP contribution in [0.4, 0.5) is 8.78 Å². The number of rotatable bonds is 3. The second-order valence-electron chi connectivity index (χ2n) is 1.27. The first-order valence-electron chi connectivity index (χ1n) is 2.94. The third kappa shape index (κ3) is 8.88. The Labute approximate surface area is 65.7 Å². The molecular weight excluding hydrogens is 150 g/mol. The quantitative estimate of drug-likeness (QED) is 0.352. The average molecular weight is 162 g/mol. The van der Waals surface area contributed by atoms with E-state index in [2.05, 4.69) is 24.5 Å². The maximum atomic E-state index is 11.3. The van der Waals surface area contributed by atoms with Crippen LogP contribution in [0.15, 0.2) is 37.6 Å². The van der Waals surface area contributed by atoms with E-state index in [-0.39, 0.29) is 5.76 Å². The van der Waals surface area contributed by atoms with E-state index in [1.807, 2.05) is 0 Å². The minimum atomic E-state index is -2.76. The highest BCUT2D eigenvalue weighted by Gasteiger charge is 2.01. The van der Waals surface area contributed by atoms with Gasteiger partial charge in [-0.25, -0.2) is 0 Å². The Morgan fingerprint density at radius 1 is 1.45 bits per heavy atom. The Morgan fingerprint density at radius 2 is 1.91 bits per heavy atom. The van der Waals surface area contributed by atoms with Crippen molar-refractivity contribution in [3.8, 4) is 0 Å². The molecule has 64 valence electrons. The van der Waals surface area contributed by atoms with Crippen molar-refractivity contribution in [3.05, 3.63) is 37.6 Å². The number of halogens is 2. The molecule has 0 saturated heterocycles. The Balaban J connectivity index is 0. The molecule has 0 heterocycles. The number of allylic oxidation sites excluding steroid dienone is 2. The highest BCUT2D eigenvalue weighted by molar-refractivity contribution is 5.06. The van der Waals surface area contributed by atoms with Gasteiger partial charge in [-0.2, -0.15) is 8.78 Å². The number of hydrogen-bond acceptors (Lipinski definition) is 1. The summed E-state index contributed by atoms with van der Waals surface area (Å²) in [4.78, 5) is 0. The first-order chi connectivity index (χ1) is 5.20. The van der Waals surface area contributed by atoms with Gasteiger partial charge in [0.2, 0.25) is 0 Å². The molecule has 0 aliphatic carbocycles. The molecule has 0 aliphatic rings. The van der Waals surface area contributed by atoms with Crippen LogP contribution in [0, 0.1) is 0 Å². The maximum Gasteiger partial charge on any atom is 0.387 e. The summed E-state index contributed by atoms with van der Waals surface area (Å²) >= 11 is 0. The highest BCUT2D eigenvalue weighted by Crippen LogP contribution is 2.04. The zero-order valence-corrected chi connectivity index (χ0v) is 6.52. The third-order valence-corrected chi connectivity index (χ3v) is 0.711. The fourth-order valence-corrected chi connectivity index (χ4v) is 0.337. The summed E-state index contributed by atoms with van der Waals surface area (Å²) in [5.41, 5.74) is 0. The number of alkyl halides is 2. The smallest absolute Gasteiger partial charge is 0.387 e. The molecule has 0 radical (unpaired) electrons. The van der Waals surface area contributed by atoms with Gasteiger partial charge in [-0.1, -0.05) is 6.58 Å². The first-order valence-corrected chi connectivity index (χ1v) is 2.94. The van der Waals surface area contributed by atoms with Crippen molar-refractivity contribution in [2.24, 2.45) is 0 Å². The van der Waals surface area contributed by atoms with E-state index in [4.69, 9.17) is 0 Å². The maximum absolute atomic E-state index is 11.3. The lowest BCUT2D eigenvalue weighted by molar-refractivity contribution is -0.0921. The van der Waals surface area contributed by atoms with Gasteiger partial charge < -0.3 is 4.74 Å². The molecular formula is C8H12F2O. The van der Waals surface area contributed by atoms with Crippen molar-refractivity contribution in [3.63, 3.8) is 0 Å². The van der Waals surface area contributed by atoms with Crippen molar-refractivity contribution >= 4 is 0 Å². The SMILES string of the molecule is C=C.C=C/C(=C\C)OC(F)F. The van der Waals surface area contributed by atoms with E-state index < -0.39 is 6.61 Å². The second-order valence-corrected chi connectivity index (χ2v) is 1.27. The van der Waals surface area contributed by atoms with Crippen LogP contribution in [0.3, 0.4) is 0 Å². The van der Waals surface area contributed by atoms with Crippen molar-refractivity contribution < 1.29 is 13.5 Å². The fraction of sp³-hybridized carbons (Fsp3) is 0.250. The molecule has 0 amide bonds. The molecule has 0 N–H and O–H groups in total. The largest absolute Gasteiger partial charge is 0.435 e. The van der Waals surface area contributed by atoms with Crippen LogP contribution in [0.5, 0.6) is 0 Å². The Morgan fingerprint density at radius 3 is 2.00 bits per heavy atom. The summed E-state index contributed by atoms with van der Waals surface area (Å²) in [7, 11) is 0. The molecule has 0 rings (SSSR count). The Kier molecular flexibility index (Phi) is 10.1. The summed E-state index contributed by atoms with van der Waals surface area (Å²) in [6.07, 6.45) is 2.64. The van der Waals surface area contributed by atoms with E-state index in [1.54, 1.807) is 6.92 Å². The predicted molar refractivity (Wildman–Crippen MR) is 42.3 cm³/mol. The van der Waals surface area contributed by atoms with Crippen molar-refractivity contribution in [2.45, 2.75) is 13.5 Å². The van der Waals surface area contributed by atoms with Crippen molar-refractivity contribution in [1.82, 2.24) is 0 Å². The van der Waals surface area contributed by atoms with E-state index in [1.165, 1.54) is 12.2 Å². The Bertz CT molecular complexity index is 130. The second kappa shape index (κ2) is 8.88. The monoisotopic (exact) mass is 162 g/mol. The number of hydrogen-bond donors (Lipinski definition) is 0. The summed E-state index contributed by atoms with van der Waals surface area (Å²) in [6.45, 7) is 8.10.